The predicted octanol–water partition coefficient (Wildman–Crippen LogP) is 5.99. The quantitative estimate of drug-likeness (QED) is 0.523. The summed E-state index contributed by atoms with van der Waals surface area (Å²) in [6, 6.07) is 9.69. The van der Waals surface area contributed by atoms with E-state index in [4.69, 9.17) is 27.9 Å². The monoisotopic (exact) mass is 453 g/mol. The molecule has 4 rings (SSSR count). The molecule has 5 atom stereocenters. The van der Waals surface area contributed by atoms with Gasteiger partial charge in [0.25, 0.3) is 0 Å². The Hall–Kier alpha value is -1.10. The van der Waals surface area contributed by atoms with Gasteiger partial charge in [-0.15, -0.1) is 0 Å². The van der Waals surface area contributed by atoms with Gasteiger partial charge in [0, 0.05) is 38.2 Å². The first kappa shape index (κ1) is 18.3. The summed E-state index contributed by atoms with van der Waals surface area (Å²) in [5.41, 5.74) is 2.04. The molecule has 6 heteroatoms. The molecule has 2 aromatic rings. The molecule has 1 aliphatic carbocycles. The topological polar surface area (TPSA) is 39.2 Å². The Morgan fingerprint density at radius 1 is 1.15 bits per heavy atom. The molecule has 3 nitrogen and oxygen atoms in total. The molecule has 1 saturated carbocycles. The van der Waals surface area contributed by atoms with E-state index in [1.165, 1.54) is 0 Å². The van der Waals surface area contributed by atoms with Crippen LogP contribution in [0.15, 0.2) is 41.0 Å². The maximum atomic E-state index is 12.3. The van der Waals surface area contributed by atoms with E-state index in [2.05, 4.69) is 20.9 Å². The minimum atomic E-state index is -0.128. The zero-order valence-electron chi connectivity index (χ0n) is 14.2. The lowest BCUT2D eigenvalue weighted by Crippen LogP contribution is -2.35. The van der Waals surface area contributed by atoms with Crippen LogP contribution in [-0.2, 0) is 9.53 Å². The molecule has 0 bridgehead atoms. The van der Waals surface area contributed by atoms with Gasteiger partial charge in [-0.3, -0.25) is 9.78 Å². The maximum Gasteiger partial charge on any atom is 0.309 e. The Balaban J connectivity index is 1.81. The minimum Gasteiger partial charge on any atom is -0.462 e. The van der Waals surface area contributed by atoms with E-state index in [1.54, 1.807) is 6.07 Å². The van der Waals surface area contributed by atoms with Crippen molar-refractivity contribution in [1.82, 2.24) is 4.98 Å². The van der Waals surface area contributed by atoms with E-state index in [-0.39, 0.29) is 35.7 Å². The fraction of sp³-hybridized carbons (Fsp3) is 0.400. The molecule has 0 spiro atoms. The number of nitrogens with zero attached hydrogens (tertiary/aromatic N) is 1. The van der Waals surface area contributed by atoms with E-state index in [9.17, 15) is 4.79 Å². The van der Waals surface area contributed by atoms with E-state index >= 15 is 0 Å². The molecule has 1 aliphatic heterocycles. The SMILES string of the molecule is C[C@H]1OC(=O)[C@H]2CC[C@@H](c3ccc(Cl)cc3Cl)[C@H](c3ccc(Br)cn3)[C@@H]21. The largest absolute Gasteiger partial charge is 0.462 e. The zero-order chi connectivity index (χ0) is 18.4. The van der Waals surface area contributed by atoms with Crippen molar-refractivity contribution in [3.8, 4) is 0 Å². The number of esters is 1. The third-order valence-electron chi connectivity index (χ3n) is 5.70. The number of rotatable bonds is 2. The highest BCUT2D eigenvalue weighted by Crippen LogP contribution is 2.54. The highest BCUT2D eigenvalue weighted by atomic mass is 79.9. The van der Waals surface area contributed by atoms with Crippen molar-refractivity contribution >= 4 is 45.1 Å². The van der Waals surface area contributed by atoms with E-state index < -0.39 is 0 Å². The van der Waals surface area contributed by atoms with Crippen LogP contribution in [0.3, 0.4) is 0 Å². The number of cyclic esters (lactones) is 1. The number of hydrogen-bond donors (Lipinski definition) is 0. The summed E-state index contributed by atoms with van der Waals surface area (Å²) in [4.78, 5) is 17.0. The number of pyridine rings is 1. The second kappa shape index (κ2) is 7.14. The van der Waals surface area contributed by atoms with Gasteiger partial charge in [-0.1, -0.05) is 29.3 Å². The lowest BCUT2D eigenvalue weighted by atomic mass is 9.63. The van der Waals surface area contributed by atoms with Gasteiger partial charge in [0.2, 0.25) is 0 Å². The molecule has 2 heterocycles. The number of aromatic nitrogens is 1. The molecule has 26 heavy (non-hydrogen) atoms. The average Bonchev–Trinajstić information content (AvgIpc) is 2.90. The van der Waals surface area contributed by atoms with Crippen LogP contribution in [0.2, 0.25) is 10.0 Å². The molecule has 0 N–H and O–H groups in total. The molecule has 1 aromatic carbocycles. The molecule has 0 unspecified atom stereocenters. The van der Waals surface area contributed by atoms with Crippen LogP contribution in [0.5, 0.6) is 0 Å². The van der Waals surface area contributed by atoms with Gasteiger partial charge in [0.1, 0.15) is 6.10 Å². The predicted molar refractivity (Wildman–Crippen MR) is 106 cm³/mol. The first-order valence-electron chi connectivity index (χ1n) is 8.72. The van der Waals surface area contributed by atoms with Crippen molar-refractivity contribution in [3.05, 3.63) is 62.3 Å². The van der Waals surface area contributed by atoms with Crippen molar-refractivity contribution in [2.24, 2.45) is 11.8 Å². The molecule has 2 aliphatic rings. The van der Waals surface area contributed by atoms with Crippen LogP contribution in [0.4, 0.5) is 0 Å². The fourth-order valence-electron chi connectivity index (χ4n) is 4.63. The van der Waals surface area contributed by atoms with Gasteiger partial charge >= 0.3 is 5.97 Å². The van der Waals surface area contributed by atoms with E-state index in [1.807, 2.05) is 37.4 Å². The summed E-state index contributed by atoms with van der Waals surface area (Å²) < 4.78 is 6.52. The molecule has 1 aromatic heterocycles. The Kier molecular flexibility index (Phi) is 5.02. The Bertz CT molecular complexity index is 842. The Labute approximate surface area is 171 Å². The number of halogens is 3. The lowest BCUT2D eigenvalue weighted by Gasteiger charge is -2.39. The van der Waals surface area contributed by atoms with Crippen molar-refractivity contribution in [3.63, 3.8) is 0 Å². The van der Waals surface area contributed by atoms with Crippen molar-refractivity contribution in [2.45, 2.75) is 37.7 Å². The summed E-state index contributed by atoms with van der Waals surface area (Å²) in [6.07, 6.45) is 3.36. The number of hydrogen-bond acceptors (Lipinski definition) is 3. The third-order valence-corrected chi connectivity index (χ3v) is 6.73. The number of fused-ring (bicyclic) bond motifs is 1. The molecule has 0 radical (unpaired) electrons. The first-order valence-corrected chi connectivity index (χ1v) is 10.3. The lowest BCUT2D eigenvalue weighted by molar-refractivity contribution is -0.143. The standard InChI is InChI=1S/C20H18BrCl2NO2/c1-10-18-15(20(25)26-10)6-5-14(13-4-3-12(22)8-16(13)23)19(18)17-7-2-11(21)9-24-17/h2-4,7-10,14-15,18-19H,5-6H2,1H3/t10-,14+,15+,18-,19-/m1/s1. The van der Waals surface area contributed by atoms with Gasteiger partial charge < -0.3 is 4.74 Å². The summed E-state index contributed by atoms with van der Waals surface area (Å²) in [5.74, 6) is 0.198. The Morgan fingerprint density at radius 2 is 1.92 bits per heavy atom. The highest BCUT2D eigenvalue weighted by molar-refractivity contribution is 9.10. The molecular weight excluding hydrogens is 437 g/mol. The van der Waals surface area contributed by atoms with E-state index in [0.29, 0.717) is 10.0 Å². The second-order valence-corrected chi connectivity index (χ2v) is 8.86. The number of carbonyl (C=O) groups is 1. The van der Waals surface area contributed by atoms with Crippen molar-refractivity contribution in [2.75, 3.05) is 0 Å². The first-order chi connectivity index (χ1) is 12.5. The van der Waals surface area contributed by atoms with Crippen LogP contribution < -0.4 is 0 Å². The number of ether oxygens (including phenoxy) is 1. The van der Waals surface area contributed by atoms with Crippen molar-refractivity contribution < 1.29 is 9.53 Å². The smallest absolute Gasteiger partial charge is 0.309 e. The Morgan fingerprint density at radius 3 is 2.62 bits per heavy atom. The molecule has 1 saturated heterocycles. The fourth-order valence-corrected chi connectivity index (χ4v) is 5.42. The summed E-state index contributed by atoms with van der Waals surface area (Å²) in [6.45, 7) is 1.99. The van der Waals surface area contributed by atoms with Gasteiger partial charge in [0.05, 0.1) is 5.92 Å². The van der Waals surface area contributed by atoms with Crippen LogP contribution >= 0.6 is 39.1 Å². The van der Waals surface area contributed by atoms with Gasteiger partial charge in [-0.05, 0) is 71.4 Å². The van der Waals surface area contributed by atoms with Crippen LogP contribution in [0, 0.1) is 11.8 Å². The minimum absolute atomic E-state index is 0.0669. The number of carbonyl (C=O) groups excluding carboxylic acids is 1. The van der Waals surface area contributed by atoms with Crippen LogP contribution in [-0.4, -0.2) is 17.1 Å². The summed E-state index contributed by atoms with van der Waals surface area (Å²) in [5, 5.41) is 1.29. The van der Waals surface area contributed by atoms with Crippen LogP contribution in [0.25, 0.3) is 0 Å². The molecular formula is C20H18BrCl2NO2. The van der Waals surface area contributed by atoms with Crippen molar-refractivity contribution in [1.29, 1.82) is 0 Å². The summed E-state index contributed by atoms with van der Waals surface area (Å²) in [7, 11) is 0. The average molecular weight is 455 g/mol. The molecule has 2 fully saturated rings. The maximum absolute atomic E-state index is 12.3. The van der Waals surface area contributed by atoms with E-state index in [0.717, 1.165) is 28.6 Å². The van der Waals surface area contributed by atoms with Gasteiger partial charge in [-0.2, -0.15) is 0 Å². The zero-order valence-corrected chi connectivity index (χ0v) is 17.3. The van der Waals surface area contributed by atoms with Gasteiger partial charge in [0.15, 0.2) is 0 Å². The van der Waals surface area contributed by atoms with Crippen LogP contribution in [0.1, 0.15) is 42.9 Å². The second-order valence-electron chi connectivity index (χ2n) is 7.10. The molecule has 0 amide bonds. The van der Waals surface area contributed by atoms with Gasteiger partial charge in [-0.25, -0.2) is 0 Å². The highest BCUT2D eigenvalue weighted by Gasteiger charge is 2.52. The molecule has 136 valence electrons. The third kappa shape index (κ3) is 3.17. The number of benzene rings is 1. The normalized spacial score (nSPS) is 30.8. The summed E-state index contributed by atoms with van der Waals surface area (Å²) >= 11 is 16.1.